The van der Waals surface area contributed by atoms with Gasteiger partial charge in [0.05, 0.1) is 11.0 Å². The summed E-state index contributed by atoms with van der Waals surface area (Å²) in [5, 5.41) is 9.94. The smallest absolute Gasteiger partial charge is 0.335 e. The Labute approximate surface area is 191 Å². The molecule has 32 heavy (non-hydrogen) atoms. The van der Waals surface area contributed by atoms with Gasteiger partial charge in [-0.15, -0.1) is 0 Å². The molecule has 172 valence electrons. The summed E-state index contributed by atoms with van der Waals surface area (Å²) in [5.41, 5.74) is 0.301. The normalized spacial score (nSPS) is 43.2. The molecule has 1 aromatic carbocycles. The molecule has 4 fully saturated rings. The first kappa shape index (κ1) is 21.9. The number of ketones is 2. The second-order valence-corrected chi connectivity index (χ2v) is 11.7. The molecular formula is C28H36O4. The number of rotatable bonds is 3. The average molecular weight is 437 g/mol. The van der Waals surface area contributed by atoms with Gasteiger partial charge in [-0.3, -0.25) is 9.59 Å². The van der Waals surface area contributed by atoms with E-state index in [9.17, 15) is 19.5 Å². The fourth-order valence-electron chi connectivity index (χ4n) is 9.34. The van der Waals surface area contributed by atoms with Crippen molar-refractivity contribution in [2.45, 2.75) is 84.0 Å². The molecule has 1 N–H and O–H groups in total. The zero-order valence-electron chi connectivity index (χ0n) is 19.7. The van der Waals surface area contributed by atoms with Crippen LogP contribution in [0, 0.1) is 34.5 Å². The maximum absolute atomic E-state index is 13.5. The second-order valence-electron chi connectivity index (χ2n) is 11.7. The number of carbonyl (C=O) groups is 3. The molecule has 4 aliphatic carbocycles. The summed E-state index contributed by atoms with van der Waals surface area (Å²) in [6.07, 6.45) is 8.54. The van der Waals surface area contributed by atoms with Crippen LogP contribution in [0.3, 0.4) is 0 Å². The molecule has 1 unspecified atom stereocenters. The first-order chi connectivity index (χ1) is 15.1. The molecule has 4 nitrogen and oxygen atoms in total. The van der Waals surface area contributed by atoms with Gasteiger partial charge in [-0.1, -0.05) is 32.0 Å². The van der Waals surface area contributed by atoms with Crippen molar-refractivity contribution >= 4 is 17.5 Å². The largest absolute Gasteiger partial charge is 0.478 e. The van der Waals surface area contributed by atoms with Crippen molar-refractivity contribution in [2.75, 3.05) is 0 Å². The van der Waals surface area contributed by atoms with Crippen LogP contribution < -0.4 is 0 Å². The monoisotopic (exact) mass is 436 g/mol. The highest BCUT2D eigenvalue weighted by Gasteiger charge is 2.67. The van der Waals surface area contributed by atoms with Crippen molar-refractivity contribution in [3.63, 3.8) is 0 Å². The third kappa shape index (κ3) is 2.70. The second kappa shape index (κ2) is 7.27. The number of carboxylic acids is 1. The standard InChI is InChI=1S/C28H36O4/c1-17(29)28(24-7-5-4-6-21(24)25(31)32)15-12-23-20-9-8-18-16-19(30)10-13-26(18,2)22(20)11-14-27(23,28)3/h4-7,18,20,22-23H,8-16H2,1-3H3,(H,31,32)/t18?,20-,22+,23+,26+,27+,28-/m1/s1. The van der Waals surface area contributed by atoms with E-state index in [4.69, 9.17) is 0 Å². The molecule has 0 amide bonds. The number of carbonyl (C=O) groups excluding carboxylic acids is 2. The minimum absolute atomic E-state index is 0.123. The number of hydrogen-bond acceptors (Lipinski definition) is 3. The van der Waals surface area contributed by atoms with Gasteiger partial charge in [0.25, 0.3) is 0 Å². The van der Waals surface area contributed by atoms with Gasteiger partial charge in [-0.25, -0.2) is 4.79 Å². The molecule has 0 spiro atoms. The Morgan fingerprint density at radius 1 is 0.969 bits per heavy atom. The Balaban J connectivity index is 1.57. The van der Waals surface area contributed by atoms with Gasteiger partial charge < -0.3 is 5.11 Å². The van der Waals surface area contributed by atoms with Crippen LogP contribution in [0.2, 0.25) is 0 Å². The first-order valence-electron chi connectivity index (χ1n) is 12.5. The minimum Gasteiger partial charge on any atom is -0.478 e. The first-order valence-corrected chi connectivity index (χ1v) is 12.5. The number of benzene rings is 1. The van der Waals surface area contributed by atoms with Crippen LogP contribution in [0.4, 0.5) is 0 Å². The van der Waals surface area contributed by atoms with Gasteiger partial charge >= 0.3 is 5.97 Å². The van der Waals surface area contributed by atoms with E-state index in [1.54, 1.807) is 19.1 Å². The molecule has 0 bridgehead atoms. The van der Waals surface area contributed by atoms with E-state index in [1.165, 1.54) is 0 Å². The van der Waals surface area contributed by atoms with Crippen molar-refractivity contribution in [2.24, 2.45) is 34.5 Å². The quantitative estimate of drug-likeness (QED) is 0.648. The molecule has 4 aliphatic rings. The average Bonchev–Trinajstić information content (AvgIpc) is 3.08. The van der Waals surface area contributed by atoms with Crippen molar-refractivity contribution in [3.8, 4) is 0 Å². The summed E-state index contributed by atoms with van der Waals surface area (Å²) >= 11 is 0. The van der Waals surface area contributed by atoms with Crippen LogP contribution >= 0.6 is 0 Å². The molecule has 4 saturated carbocycles. The molecular weight excluding hydrogens is 400 g/mol. The lowest BCUT2D eigenvalue weighted by Crippen LogP contribution is -2.57. The molecule has 5 rings (SSSR count). The molecule has 0 radical (unpaired) electrons. The molecule has 7 atom stereocenters. The third-order valence-corrected chi connectivity index (χ3v) is 10.9. The van der Waals surface area contributed by atoms with E-state index in [0.29, 0.717) is 29.5 Å². The van der Waals surface area contributed by atoms with Gasteiger partial charge in [0.1, 0.15) is 11.6 Å². The number of hydrogen-bond donors (Lipinski definition) is 1. The van der Waals surface area contributed by atoms with E-state index in [-0.39, 0.29) is 22.2 Å². The van der Waals surface area contributed by atoms with Crippen LogP contribution in [0.15, 0.2) is 24.3 Å². The minimum atomic E-state index is -0.943. The molecule has 0 saturated heterocycles. The maximum Gasteiger partial charge on any atom is 0.335 e. The van der Waals surface area contributed by atoms with Crippen LogP contribution in [-0.2, 0) is 15.0 Å². The number of Topliss-reactive ketones (excluding diaryl/α,β-unsaturated/α-hetero) is 2. The zero-order chi connectivity index (χ0) is 22.9. The van der Waals surface area contributed by atoms with Gasteiger partial charge in [0.15, 0.2) is 0 Å². The summed E-state index contributed by atoms with van der Waals surface area (Å²) < 4.78 is 0. The third-order valence-electron chi connectivity index (χ3n) is 10.9. The maximum atomic E-state index is 13.5. The predicted octanol–water partition coefficient (Wildman–Crippen LogP) is 5.82. The van der Waals surface area contributed by atoms with Gasteiger partial charge in [0, 0.05) is 12.8 Å². The summed E-state index contributed by atoms with van der Waals surface area (Å²) in [7, 11) is 0. The summed E-state index contributed by atoms with van der Waals surface area (Å²) in [6, 6.07) is 7.21. The van der Waals surface area contributed by atoms with Gasteiger partial charge in [-0.2, -0.15) is 0 Å². The van der Waals surface area contributed by atoms with Crippen molar-refractivity contribution in [3.05, 3.63) is 35.4 Å². The molecule has 4 heteroatoms. The van der Waals surface area contributed by atoms with Crippen LogP contribution in [0.25, 0.3) is 0 Å². The zero-order valence-corrected chi connectivity index (χ0v) is 19.7. The summed E-state index contributed by atoms with van der Waals surface area (Å²) in [4.78, 5) is 37.8. The van der Waals surface area contributed by atoms with E-state index in [2.05, 4.69) is 13.8 Å². The van der Waals surface area contributed by atoms with Crippen molar-refractivity contribution < 1.29 is 19.5 Å². The fourth-order valence-corrected chi connectivity index (χ4v) is 9.34. The molecule has 0 aromatic heterocycles. The number of aromatic carboxylic acids is 1. The van der Waals surface area contributed by atoms with Crippen LogP contribution in [0.1, 0.15) is 94.5 Å². The Bertz CT molecular complexity index is 981. The SMILES string of the molecule is CC(=O)[C@@]1(c2ccccc2C(=O)O)CC[C@H]2[C@@H]3CCC4CC(=O)CC[C@]4(C)[C@H]3CC[C@@]21C. The summed E-state index contributed by atoms with van der Waals surface area (Å²) in [6.45, 7) is 6.42. The predicted molar refractivity (Wildman–Crippen MR) is 122 cm³/mol. The van der Waals surface area contributed by atoms with E-state index in [1.807, 2.05) is 12.1 Å². The van der Waals surface area contributed by atoms with Crippen LogP contribution in [-0.4, -0.2) is 22.6 Å². The lowest BCUT2D eigenvalue weighted by atomic mass is 9.42. The fraction of sp³-hybridized carbons (Fsp3) is 0.679. The Morgan fingerprint density at radius 2 is 1.69 bits per heavy atom. The molecule has 1 aromatic rings. The van der Waals surface area contributed by atoms with E-state index in [0.717, 1.165) is 63.4 Å². The Hall–Kier alpha value is -1.97. The highest BCUT2D eigenvalue weighted by Crippen LogP contribution is 2.71. The highest BCUT2D eigenvalue weighted by molar-refractivity contribution is 5.96. The molecule has 0 heterocycles. The summed E-state index contributed by atoms with van der Waals surface area (Å²) in [5.74, 6) is 1.75. The molecule has 0 aliphatic heterocycles. The number of fused-ring (bicyclic) bond motifs is 5. The van der Waals surface area contributed by atoms with Crippen LogP contribution in [0.5, 0.6) is 0 Å². The lowest BCUT2D eigenvalue weighted by Gasteiger charge is -2.61. The number of carboxylic acid groups (broad SMARTS) is 1. The van der Waals surface area contributed by atoms with Gasteiger partial charge in [-0.05, 0) is 98.0 Å². The van der Waals surface area contributed by atoms with E-state index < -0.39 is 11.4 Å². The van der Waals surface area contributed by atoms with Crippen molar-refractivity contribution in [1.29, 1.82) is 0 Å². The van der Waals surface area contributed by atoms with Crippen molar-refractivity contribution in [1.82, 2.24) is 0 Å². The Kier molecular flexibility index (Phi) is 4.96. The van der Waals surface area contributed by atoms with E-state index >= 15 is 0 Å². The topological polar surface area (TPSA) is 71.4 Å². The highest BCUT2D eigenvalue weighted by atomic mass is 16.4. The lowest BCUT2D eigenvalue weighted by molar-refractivity contribution is -0.145. The Morgan fingerprint density at radius 3 is 2.41 bits per heavy atom. The van der Waals surface area contributed by atoms with Gasteiger partial charge in [0.2, 0.25) is 0 Å².